The van der Waals surface area contributed by atoms with Crippen LogP contribution in [-0.4, -0.2) is 46.6 Å². The third kappa shape index (κ3) is 5.12. The molecule has 0 aliphatic carbocycles. The van der Waals surface area contributed by atoms with Crippen LogP contribution in [0.4, 0.5) is 11.4 Å². The number of carbonyl (C=O) groups is 1. The number of para-hydroxylation sites is 1. The first-order chi connectivity index (χ1) is 18.5. The van der Waals surface area contributed by atoms with Crippen molar-refractivity contribution in [2.45, 2.75) is 6.42 Å². The number of methoxy groups -OCH3 is 2. The molecule has 0 atom stereocenters. The number of amides is 1. The number of aromatic nitrogens is 1. The van der Waals surface area contributed by atoms with Crippen LogP contribution in [-0.2, 0) is 11.2 Å². The molecule has 192 valence electrons. The molecular formula is C28H24N4O5S. The van der Waals surface area contributed by atoms with Crippen LogP contribution >= 0.6 is 11.8 Å². The lowest BCUT2D eigenvalue weighted by atomic mass is 10.1. The second-order valence-electron chi connectivity index (χ2n) is 8.46. The van der Waals surface area contributed by atoms with Gasteiger partial charge in [0.15, 0.2) is 16.7 Å². The molecule has 3 aromatic carbocycles. The highest BCUT2D eigenvalue weighted by molar-refractivity contribution is 8.18. The van der Waals surface area contributed by atoms with E-state index < -0.39 is 4.92 Å². The molecule has 2 heterocycles. The number of nitro groups is 1. The largest absolute Gasteiger partial charge is 0.493 e. The Kier molecular flexibility index (Phi) is 7.14. The second-order valence-corrected chi connectivity index (χ2v) is 9.47. The van der Waals surface area contributed by atoms with Gasteiger partial charge in [-0.2, -0.15) is 0 Å². The van der Waals surface area contributed by atoms with E-state index in [1.54, 1.807) is 49.5 Å². The molecule has 1 saturated heterocycles. The van der Waals surface area contributed by atoms with E-state index in [2.05, 4.69) is 16.0 Å². The van der Waals surface area contributed by atoms with Crippen molar-refractivity contribution in [3.05, 3.63) is 99.1 Å². The monoisotopic (exact) mass is 528 g/mol. The van der Waals surface area contributed by atoms with E-state index in [0.717, 1.165) is 22.0 Å². The lowest BCUT2D eigenvalue weighted by Gasteiger charge is -2.15. The average molecular weight is 529 g/mol. The first-order valence-electron chi connectivity index (χ1n) is 11.8. The van der Waals surface area contributed by atoms with Crippen LogP contribution < -0.4 is 9.47 Å². The molecule has 0 radical (unpaired) electrons. The molecule has 38 heavy (non-hydrogen) atoms. The Bertz CT molecular complexity index is 1580. The van der Waals surface area contributed by atoms with Crippen LogP contribution in [0.1, 0.15) is 11.1 Å². The third-order valence-corrected chi connectivity index (χ3v) is 7.17. The Labute approximate surface area is 222 Å². The van der Waals surface area contributed by atoms with Gasteiger partial charge in [-0.25, -0.2) is 4.99 Å². The van der Waals surface area contributed by atoms with E-state index in [-0.39, 0.29) is 11.6 Å². The Morgan fingerprint density at radius 1 is 1.05 bits per heavy atom. The number of nitro benzene ring substituents is 1. The number of H-pyrrole nitrogens is 1. The van der Waals surface area contributed by atoms with Gasteiger partial charge in [0.2, 0.25) is 0 Å². The zero-order chi connectivity index (χ0) is 26.6. The summed E-state index contributed by atoms with van der Waals surface area (Å²) in [5.41, 5.74) is 3.43. The minimum absolute atomic E-state index is 0.0191. The van der Waals surface area contributed by atoms with Crippen molar-refractivity contribution in [1.29, 1.82) is 0 Å². The highest BCUT2D eigenvalue weighted by Gasteiger charge is 2.33. The number of hydrogen-bond acceptors (Lipinski definition) is 7. The molecule has 1 N–H and O–H groups in total. The summed E-state index contributed by atoms with van der Waals surface area (Å²) in [5, 5.41) is 12.7. The summed E-state index contributed by atoms with van der Waals surface area (Å²) in [6.07, 6.45) is 4.39. The topological polar surface area (TPSA) is 110 Å². The van der Waals surface area contributed by atoms with Crippen molar-refractivity contribution in [3.63, 3.8) is 0 Å². The predicted octanol–water partition coefficient (Wildman–Crippen LogP) is 5.94. The highest BCUT2D eigenvalue weighted by Crippen LogP contribution is 2.36. The fourth-order valence-electron chi connectivity index (χ4n) is 4.21. The number of fused-ring (bicyclic) bond motifs is 1. The molecule has 0 bridgehead atoms. The molecule has 0 spiro atoms. The van der Waals surface area contributed by atoms with Gasteiger partial charge >= 0.3 is 0 Å². The summed E-state index contributed by atoms with van der Waals surface area (Å²) in [4.78, 5) is 34.2. The number of rotatable bonds is 8. The smallest absolute Gasteiger partial charge is 0.269 e. The lowest BCUT2D eigenvalue weighted by molar-refractivity contribution is -0.384. The Hall–Kier alpha value is -4.57. The fraction of sp³-hybridized carbons (Fsp3) is 0.143. The van der Waals surface area contributed by atoms with E-state index in [0.29, 0.717) is 40.2 Å². The molecule has 10 heteroatoms. The quantitative estimate of drug-likeness (QED) is 0.172. The molecule has 4 aromatic rings. The van der Waals surface area contributed by atoms with Crippen molar-refractivity contribution in [3.8, 4) is 11.5 Å². The van der Waals surface area contributed by atoms with Gasteiger partial charge in [-0.3, -0.25) is 19.8 Å². The van der Waals surface area contributed by atoms with Gasteiger partial charge in [0.1, 0.15) is 0 Å². The van der Waals surface area contributed by atoms with E-state index in [1.807, 2.05) is 30.5 Å². The maximum atomic E-state index is 13.6. The van der Waals surface area contributed by atoms with Gasteiger partial charge in [-0.05, 0) is 65.7 Å². The maximum absolute atomic E-state index is 13.6. The van der Waals surface area contributed by atoms with Gasteiger partial charge < -0.3 is 14.5 Å². The van der Waals surface area contributed by atoms with Crippen molar-refractivity contribution in [2.24, 2.45) is 4.99 Å². The average Bonchev–Trinajstić information content (AvgIpc) is 3.47. The van der Waals surface area contributed by atoms with Crippen LogP contribution in [0.2, 0.25) is 0 Å². The number of amidine groups is 1. The minimum atomic E-state index is -0.456. The van der Waals surface area contributed by atoms with E-state index in [1.165, 1.54) is 23.9 Å². The first-order valence-corrected chi connectivity index (χ1v) is 12.6. The number of thioether (sulfide) groups is 1. The number of nitrogens with zero attached hydrogens (tertiary/aromatic N) is 3. The Morgan fingerprint density at radius 3 is 2.55 bits per heavy atom. The van der Waals surface area contributed by atoms with Crippen molar-refractivity contribution < 1.29 is 19.2 Å². The molecule has 5 rings (SSSR count). The van der Waals surface area contributed by atoms with E-state index in [4.69, 9.17) is 9.47 Å². The van der Waals surface area contributed by atoms with Crippen LogP contribution in [0.15, 0.2) is 82.8 Å². The molecule has 0 saturated carbocycles. The van der Waals surface area contributed by atoms with Crippen LogP contribution in [0.25, 0.3) is 17.0 Å². The number of ether oxygens (including phenoxy) is 2. The normalized spacial score (nSPS) is 15.5. The third-order valence-electron chi connectivity index (χ3n) is 6.16. The summed E-state index contributed by atoms with van der Waals surface area (Å²) in [6, 6.07) is 19.4. The summed E-state index contributed by atoms with van der Waals surface area (Å²) in [6.45, 7) is 0.419. The first kappa shape index (κ1) is 25.1. The van der Waals surface area contributed by atoms with E-state index >= 15 is 0 Å². The SMILES string of the molecule is COc1ccc(/C=C2\SC(=Nc3ccc([N+](=O)[O-])cc3)N(CCc3c[nH]c4ccccc34)C2=O)cc1OC. The van der Waals surface area contributed by atoms with Gasteiger partial charge in [-0.1, -0.05) is 24.3 Å². The zero-order valence-electron chi connectivity index (χ0n) is 20.7. The molecule has 1 fully saturated rings. The summed E-state index contributed by atoms with van der Waals surface area (Å²) in [5.74, 6) is 0.999. The van der Waals surface area contributed by atoms with Crippen LogP contribution in [0.3, 0.4) is 0 Å². The summed E-state index contributed by atoms with van der Waals surface area (Å²) in [7, 11) is 3.13. The van der Waals surface area contributed by atoms with Crippen LogP contribution in [0.5, 0.6) is 11.5 Å². The summed E-state index contributed by atoms with van der Waals surface area (Å²) < 4.78 is 10.7. The fourth-order valence-corrected chi connectivity index (χ4v) is 5.24. The number of aliphatic imine (C=N–C) groups is 1. The molecule has 9 nitrogen and oxygen atoms in total. The minimum Gasteiger partial charge on any atom is -0.493 e. The van der Waals surface area contributed by atoms with Gasteiger partial charge in [0.25, 0.3) is 11.6 Å². The number of non-ortho nitro benzene ring substituents is 1. The van der Waals surface area contributed by atoms with Crippen molar-refractivity contribution in [2.75, 3.05) is 20.8 Å². The zero-order valence-corrected chi connectivity index (χ0v) is 21.5. The molecule has 1 aromatic heterocycles. The lowest BCUT2D eigenvalue weighted by Crippen LogP contribution is -2.31. The number of hydrogen-bond donors (Lipinski definition) is 1. The van der Waals surface area contributed by atoms with E-state index in [9.17, 15) is 14.9 Å². The number of benzene rings is 3. The molecule has 0 unspecified atom stereocenters. The molecule has 1 aliphatic heterocycles. The molecular weight excluding hydrogens is 504 g/mol. The molecule has 1 amide bonds. The molecule has 1 aliphatic rings. The van der Waals surface area contributed by atoms with Crippen LogP contribution in [0, 0.1) is 10.1 Å². The highest BCUT2D eigenvalue weighted by atomic mass is 32.2. The predicted molar refractivity (Wildman–Crippen MR) is 149 cm³/mol. The maximum Gasteiger partial charge on any atom is 0.269 e. The summed E-state index contributed by atoms with van der Waals surface area (Å²) >= 11 is 1.27. The Morgan fingerprint density at radius 2 is 1.82 bits per heavy atom. The second kappa shape index (κ2) is 10.8. The van der Waals surface area contributed by atoms with Gasteiger partial charge in [-0.15, -0.1) is 0 Å². The standard InChI is InChI=1S/C28H24N4O5S/c1-36-24-12-7-18(15-25(24)37-2)16-26-27(33)31(14-13-19-17-29-23-6-4-3-5-22(19)23)28(38-26)30-20-8-10-21(11-9-20)32(34)35/h3-12,15-17,29H,13-14H2,1-2H3/b26-16-,30-28?. The van der Waals surface area contributed by atoms with Gasteiger partial charge in [0, 0.05) is 35.8 Å². The number of aromatic amines is 1. The van der Waals surface area contributed by atoms with Gasteiger partial charge in [0.05, 0.1) is 29.7 Å². The van der Waals surface area contributed by atoms with Crippen molar-refractivity contribution >= 4 is 51.2 Å². The van der Waals surface area contributed by atoms with Crippen molar-refractivity contribution in [1.82, 2.24) is 9.88 Å². The number of carbonyl (C=O) groups excluding carboxylic acids is 1. The Balaban J connectivity index is 1.47. The number of nitrogens with one attached hydrogen (secondary N) is 1.